The van der Waals surface area contributed by atoms with Crippen molar-refractivity contribution < 1.29 is 22.4 Å². The highest BCUT2D eigenvalue weighted by Crippen LogP contribution is 2.18. The fourth-order valence-corrected chi connectivity index (χ4v) is 4.51. The number of hydrogen-bond acceptors (Lipinski definition) is 4. The second-order valence-corrected chi connectivity index (χ2v) is 10.8. The molecule has 0 saturated heterocycles. The molecule has 34 heavy (non-hydrogen) atoms. The third kappa shape index (κ3) is 7.36. The minimum absolute atomic E-state index is 0.0468. The largest absolute Gasteiger partial charge is 0.354 e. The number of rotatable bonds is 11. The maximum atomic E-state index is 13.4. The average Bonchev–Trinajstić information content (AvgIpc) is 2.79. The van der Waals surface area contributed by atoms with Gasteiger partial charge in [0.2, 0.25) is 21.8 Å². The van der Waals surface area contributed by atoms with E-state index >= 15 is 0 Å². The van der Waals surface area contributed by atoms with Gasteiger partial charge in [-0.25, -0.2) is 12.8 Å². The molecule has 186 valence electrons. The number of likely N-dealkylation sites (N-methyl/N-ethyl adjacent to an activating group) is 1. The van der Waals surface area contributed by atoms with Crippen molar-refractivity contribution >= 4 is 21.8 Å². The maximum Gasteiger partial charge on any atom is 0.243 e. The summed E-state index contributed by atoms with van der Waals surface area (Å²) in [6, 6.07) is 11.2. The fraction of sp³-hybridized carbons (Fsp3) is 0.440. The van der Waals surface area contributed by atoms with Crippen molar-refractivity contribution in [3.05, 3.63) is 65.5 Å². The normalized spacial score (nSPS) is 12.6. The van der Waals surface area contributed by atoms with Crippen molar-refractivity contribution in [3.63, 3.8) is 0 Å². The highest BCUT2D eigenvalue weighted by Gasteiger charge is 2.31. The maximum absolute atomic E-state index is 13.4. The molecule has 7 nitrogen and oxygen atoms in total. The lowest BCUT2D eigenvalue weighted by atomic mass is 10.1. The van der Waals surface area contributed by atoms with E-state index in [9.17, 15) is 22.4 Å². The predicted molar refractivity (Wildman–Crippen MR) is 130 cm³/mol. The summed E-state index contributed by atoms with van der Waals surface area (Å²) < 4.78 is 40.3. The molecule has 1 N–H and O–H groups in total. The Hall–Kier alpha value is -2.78. The summed E-state index contributed by atoms with van der Waals surface area (Å²) in [4.78, 5) is 27.7. The van der Waals surface area contributed by atoms with Gasteiger partial charge in [-0.15, -0.1) is 0 Å². The van der Waals surface area contributed by atoms with Crippen molar-refractivity contribution in [1.29, 1.82) is 0 Å². The summed E-state index contributed by atoms with van der Waals surface area (Å²) in [6.07, 6.45) is 0.339. The quantitative estimate of drug-likeness (QED) is 0.522. The van der Waals surface area contributed by atoms with E-state index in [-0.39, 0.29) is 23.3 Å². The van der Waals surface area contributed by atoms with Gasteiger partial charge in [0.15, 0.2) is 0 Å². The molecule has 2 amide bonds. The van der Waals surface area contributed by atoms with Crippen LogP contribution in [0.4, 0.5) is 4.39 Å². The third-order valence-electron chi connectivity index (χ3n) is 5.42. The van der Waals surface area contributed by atoms with Gasteiger partial charge in [0.05, 0.1) is 11.4 Å². The van der Waals surface area contributed by atoms with Crippen molar-refractivity contribution in [2.24, 2.45) is 5.92 Å². The van der Waals surface area contributed by atoms with E-state index in [1.165, 1.54) is 36.2 Å². The number of carbonyl (C=O) groups is 2. The van der Waals surface area contributed by atoms with E-state index in [2.05, 4.69) is 5.32 Å². The molecule has 9 heteroatoms. The number of hydrogen-bond donors (Lipinski definition) is 1. The van der Waals surface area contributed by atoms with Crippen LogP contribution < -0.4 is 5.32 Å². The van der Waals surface area contributed by atoms with Gasteiger partial charge in [0.25, 0.3) is 0 Å². The molecular formula is C25H34FN3O4S. The number of benzene rings is 2. The first kappa shape index (κ1) is 27.5. The van der Waals surface area contributed by atoms with Crippen LogP contribution in [0.25, 0.3) is 0 Å². The molecule has 0 unspecified atom stereocenters. The Bertz CT molecular complexity index is 1070. The minimum atomic E-state index is -3.90. The van der Waals surface area contributed by atoms with Crippen LogP contribution in [0, 0.1) is 18.7 Å². The number of halogens is 1. The lowest BCUT2D eigenvalue weighted by Crippen LogP contribution is -2.52. The Labute approximate surface area is 202 Å². The summed E-state index contributed by atoms with van der Waals surface area (Å²) >= 11 is 0. The summed E-state index contributed by atoms with van der Waals surface area (Å²) in [7, 11) is -2.56. The molecule has 0 aliphatic heterocycles. The Kier molecular flexibility index (Phi) is 9.76. The molecule has 0 saturated carbocycles. The topological polar surface area (TPSA) is 86.8 Å². The highest BCUT2D eigenvalue weighted by molar-refractivity contribution is 7.89. The molecule has 0 aliphatic carbocycles. The smallest absolute Gasteiger partial charge is 0.243 e. The van der Waals surface area contributed by atoms with E-state index in [0.29, 0.717) is 18.5 Å². The Morgan fingerprint density at radius 2 is 1.62 bits per heavy atom. The molecule has 0 radical (unpaired) electrons. The molecule has 0 bridgehead atoms. The van der Waals surface area contributed by atoms with Gasteiger partial charge in [-0.05, 0) is 49.1 Å². The zero-order chi connectivity index (χ0) is 25.5. The van der Waals surface area contributed by atoms with Gasteiger partial charge in [-0.3, -0.25) is 9.59 Å². The van der Waals surface area contributed by atoms with Crippen LogP contribution in [-0.2, 0) is 26.2 Å². The van der Waals surface area contributed by atoms with E-state index in [1.54, 1.807) is 31.2 Å². The molecule has 2 aromatic rings. The lowest BCUT2D eigenvalue weighted by Gasteiger charge is -2.32. The summed E-state index contributed by atoms with van der Waals surface area (Å²) in [5, 5.41) is 2.85. The predicted octanol–water partition coefficient (Wildman–Crippen LogP) is 3.33. The van der Waals surface area contributed by atoms with E-state index in [1.807, 2.05) is 20.8 Å². The van der Waals surface area contributed by atoms with Crippen LogP contribution in [0.2, 0.25) is 0 Å². The molecular weight excluding hydrogens is 457 g/mol. The second kappa shape index (κ2) is 12.1. The first-order valence-corrected chi connectivity index (χ1v) is 12.7. The lowest BCUT2D eigenvalue weighted by molar-refractivity contribution is -0.141. The number of carbonyl (C=O) groups excluding carboxylic acids is 2. The van der Waals surface area contributed by atoms with Crippen molar-refractivity contribution in [2.75, 3.05) is 20.1 Å². The number of nitrogens with one attached hydrogen (secondary N) is 1. The molecule has 0 aliphatic rings. The monoisotopic (exact) mass is 491 g/mol. The van der Waals surface area contributed by atoms with Crippen LogP contribution in [0.3, 0.4) is 0 Å². The summed E-state index contributed by atoms with van der Waals surface area (Å²) in [5.41, 5.74) is 1.55. The van der Waals surface area contributed by atoms with Gasteiger partial charge < -0.3 is 10.2 Å². The second-order valence-electron chi connectivity index (χ2n) is 8.79. The standard InChI is InChI=1S/C25H34FN3O4S/c1-6-23(25(31)27-15-18(2)3)29(16-20-9-11-21(26)12-10-20)24(30)17-28(5)34(32,33)22-13-7-19(4)8-14-22/h7-14,18,23H,6,15-17H2,1-5H3,(H,27,31)/t23-/m0/s1. The fourth-order valence-electron chi connectivity index (χ4n) is 3.39. The van der Waals surface area contributed by atoms with Gasteiger partial charge in [0, 0.05) is 20.1 Å². The van der Waals surface area contributed by atoms with Crippen molar-refractivity contribution in [2.45, 2.75) is 51.6 Å². The number of aryl methyl sites for hydroxylation is 1. The molecule has 0 fully saturated rings. The Balaban J connectivity index is 2.30. The Morgan fingerprint density at radius 1 is 1.03 bits per heavy atom. The van der Waals surface area contributed by atoms with Gasteiger partial charge in [-0.2, -0.15) is 4.31 Å². The van der Waals surface area contributed by atoms with Gasteiger partial charge >= 0.3 is 0 Å². The number of amides is 2. The van der Waals surface area contributed by atoms with Crippen molar-refractivity contribution in [3.8, 4) is 0 Å². The number of sulfonamides is 1. The van der Waals surface area contributed by atoms with Crippen LogP contribution in [-0.4, -0.2) is 55.6 Å². The molecule has 0 spiro atoms. The van der Waals surface area contributed by atoms with Gasteiger partial charge in [-0.1, -0.05) is 50.6 Å². The summed E-state index contributed by atoms with van der Waals surface area (Å²) in [5.74, 6) is -1.01. The molecule has 0 aromatic heterocycles. The Morgan fingerprint density at radius 3 is 2.15 bits per heavy atom. The molecule has 2 aromatic carbocycles. The minimum Gasteiger partial charge on any atom is -0.354 e. The zero-order valence-electron chi connectivity index (χ0n) is 20.4. The number of nitrogens with zero attached hydrogens (tertiary/aromatic N) is 2. The van der Waals surface area contributed by atoms with Crippen molar-refractivity contribution in [1.82, 2.24) is 14.5 Å². The van der Waals surface area contributed by atoms with Crippen LogP contribution in [0.5, 0.6) is 0 Å². The molecule has 0 heterocycles. The molecule has 2 rings (SSSR count). The SMILES string of the molecule is CC[C@@H](C(=O)NCC(C)C)N(Cc1ccc(F)cc1)C(=O)CN(C)S(=O)(=O)c1ccc(C)cc1. The van der Waals surface area contributed by atoms with Crippen LogP contribution in [0.15, 0.2) is 53.4 Å². The molecule has 1 atom stereocenters. The van der Waals surface area contributed by atoms with E-state index < -0.39 is 34.3 Å². The average molecular weight is 492 g/mol. The van der Waals surface area contributed by atoms with Crippen LogP contribution >= 0.6 is 0 Å². The summed E-state index contributed by atoms with van der Waals surface area (Å²) in [6.45, 7) is 7.64. The first-order chi connectivity index (χ1) is 15.9. The van der Waals surface area contributed by atoms with Gasteiger partial charge in [0.1, 0.15) is 11.9 Å². The van der Waals surface area contributed by atoms with Crippen LogP contribution in [0.1, 0.15) is 38.3 Å². The zero-order valence-corrected chi connectivity index (χ0v) is 21.2. The first-order valence-electron chi connectivity index (χ1n) is 11.3. The highest BCUT2D eigenvalue weighted by atomic mass is 32.2. The van der Waals surface area contributed by atoms with E-state index in [0.717, 1.165) is 9.87 Å². The third-order valence-corrected chi connectivity index (χ3v) is 7.24. The van der Waals surface area contributed by atoms with E-state index in [4.69, 9.17) is 0 Å².